The molecule has 1 aliphatic carbocycles. The molecule has 1 heterocycles. The Bertz CT molecular complexity index is 191. The van der Waals surface area contributed by atoms with Crippen LogP contribution < -0.4 is 5.32 Å². The molecule has 0 bridgehead atoms. The monoisotopic (exact) mass is 201 g/mol. The number of hydrogen-bond donors (Lipinski definition) is 1. The van der Waals surface area contributed by atoms with Crippen molar-refractivity contribution in [3.63, 3.8) is 0 Å². The van der Waals surface area contributed by atoms with Crippen LogP contribution in [0.5, 0.6) is 0 Å². The maximum atomic E-state index is 11.1. The van der Waals surface area contributed by atoms with Gasteiger partial charge in [0.2, 0.25) is 0 Å². The molecule has 0 spiro atoms. The molecule has 2 fully saturated rings. The fourth-order valence-electron chi connectivity index (χ4n) is 2.33. The molecule has 76 valence electrons. The van der Waals surface area contributed by atoms with E-state index >= 15 is 0 Å². The average molecular weight is 201 g/mol. The minimum absolute atomic E-state index is 0.507. The Morgan fingerprint density at radius 1 is 1.15 bits per heavy atom. The molecule has 3 heteroatoms. The minimum Gasteiger partial charge on any atom is -0.311 e. The Balaban J connectivity index is 1.68. The fraction of sp³-hybridized carbons (Fsp3) is 1.00. The smallest absolute Gasteiger partial charge is 0.0249 e. The molecule has 2 rings (SSSR count). The second-order valence-electron chi connectivity index (χ2n) is 4.56. The van der Waals surface area contributed by atoms with Gasteiger partial charge < -0.3 is 5.32 Å². The average Bonchev–Trinajstić information content (AvgIpc) is 2.06. The van der Waals surface area contributed by atoms with Crippen molar-refractivity contribution >= 4 is 10.8 Å². The maximum Gasteiger partial charge on any atom is 0.0249 e. The summed E-state index contributed by atoms with van der Waals surface area (Å²) in [4.78, 5) is 0. The van der Waals surface area contributed by atoms with Gasteiger partial charge in [-0.1, -0.05) is 6.92 Å². The Kier molecular flexibility index (Phi) is 3.04. The molecule has 0 atom stereocenters. The third kappa shape index (κ3) is 2.53. The molecule has 0 radical (unpaired) electrons. The van der Waals surface area contributed by atoms with E-state index in [9.17, 15) is 4.21 Å². The van der Waals surface area contributed by atoms with Crippen LogP contribution in [0.15, 0.2) is 0 Å². The van der Waals surface area contributed by atoms with Crippen LogP contribution in [-0.4, -0.2) is 27.8 Å². The number of hydrogen-bond acceptors (Lipinski definition) is 2. The van der Waals surface area contributed by atoms with Gasteiger partial charge in [0.1, 0.15) is 0 Å². The van der Waals surface area contributed by atoms with Gasteiger partial charge >= 0.3 is 0 Å². The molecule has 2 nitrogen and oxygen atoms in total. The Morgan fingerprint density at radius 3 is 2.31 bits per heavy atom. The minimum atomic E-state index is -0.507. The van der Waals surface area contributed by atoms with Crippen molar-refractivity contribution in [1.82, 2.24) is 5.32 Å². The lowest BCUT2D eigenvalue weighted by atomic mass is 9.81. The van der Waals surface area contributed by atoms with Crippen LogP contribution in [0.25, 0.3) is 0 Å². The molecule has 2 aliphatic rings. The van der Waals surface area contributed by atoms with E-state index in [1.165, 1.54) is 12.8 Å². The summed E-state index contributed by atoms with van der Waals surface area (Å²) in [5.41, 5.74) is 0. The van der Waals surface area contributed by atoms with E-state index in [0.29, 0.717) is 6.04 Å². The van der Waals surface area contributed by atoms with Crippen molar-refractivity contribution in [2.75, 3.05) is 11.5 Å². The molecule has 0 aromatic heterocycles. The highest BCUT2D eigenvalue weighted by Crippen LogP contribution is 2.27. The summed E-state index contributed by atoms with van der Waals surface area (Å²) >= 11 is 0. The normalized spacial score (nSPS) is 45.6. The Morgan fingerprint density at radius 2 is 1.77 bits per heavy atom. The van der Waals surface area contributed by atoms with Gasteiger partial charge in [0.05, 0.1) is 0 Å². The van der Waals surface area contributed by atoms with Crippen molar-refractivity contribution < 1.29 is 4.21 Å². The summed E-state index contributed by atoms with van der Waals surface area (Å²) in [6.45, 7) is 2.31. The largest absolute Gasteiger partial charge is 0.311 e. The molecular weight excluding hydrogens is 182 g/mol. The molecular formula is C10H19NOS. The third-order valence-electron chi connectivity index (χ3n) is 3.23. The molecule has 0 aromatic rings. The summed E-state index contributed by atoms with van der Waals surface area (Å²) in [6, 6.07) is 1.43. The van der Waals surface area contributed by atoms with E-state index in [2.05, 4.69) is 12.2 Å². The SMILES string of the molecule is CC1CC(NC2CCS(=O)CC2)C1. The van der Waals surface area contributed by atoms with Gasteiger partial charge in [0.25, 0.3) is 0 Å². The van der Waals surface area contributed by atoms with Gasteiger partial charge in [-0.25, -0.2) is 0 Å². The topological polar surface area (TPSA) is 29.1 Å². The summed E-state index contributed by atoms with van der Waals surface area (Å²) < 4.78 is 11.1. The third-order valence-corrected chi connectivity index (χ3v) is 4.62. The molecule has 0 unspecified atom stereocenters. The molecule has 1 saturated carbocycles. The van der Waals surface area contributed by atoms with Gasteiger partial charge in [0.15, 0.2) is 0 Å². The lowest BCUT2D eigenvalue weighted by Gasteiger charge is -2.37. The zero-order valence-electron chi connectivity index (χ0n) is 8.29. The van der Waals surface area contributed by atoms with Gasteiger partial charge in [-0.2, -0.15) is 0 Å². The van der Waals surface area contributed by atoms with E-state index < -0.39 is 10.8 Å². The molecule has 0 aromatic carbocycles. The van der Waals surface area contributed by atoms with E-state index in [0.717, 1.165) is 36.3 Å². The number of nitrogens with one attached hydrogen (secondary N) is 1. The first-order chi connectivity index (χ1) is 6.24. The van der Waals surface area contributed by atoms with Gasteiger partial charge in [-0.3, -0.25) is 4.21 Å². The lowest BCUT2D eigenvalue weighted by Crippen LogP contribution is -2.47. The van der Waals surface area contributed by atoms with Gasteiger partial charge in [-0.05, 0) is 31.6 Å². The second-order valence-corrected chi connectivity index (χ2v) is 6.26. The summed E-state index contributed by atoms with van der Waals surface area (Å²) in [5, 5.41) is 3.67. The van der Waals surface area contributed by atoms with Crippen molar-refractivity contribution in [2.45, 2.75) is 44.7 Å². The van der Waals surface area contributed by atoms with Crippen LogP contribution in [-0.2, 0) is 10.8 Å². The standard InChI is InChI=1S/C10H19NOS/c1-8-6-10(7-8)11-9-2-4-13(12)5-3-9/h8-11H,2-7H2,1H3. The Labute approximate surface area is 82.9 Å². The van der Waals surface area contributed by atoms with Crippen LogP contribution in [0.2, 0.25) is 0 Å². The van der Waals surface area contributed by atoms with E-state index in [-0.39, 0.29) is 0 Å². The second kappa shape index (κ2) is 4.09. The molecule has 1 aliphatic heterocycles. The van der Waals surface area contributed by atoms with Gasteiger partial charge in [0, 0.05) is 34.4 Å². The fourth-order valence-corrected chi connectivity index (χ4v) is 3.63. The van der Waals surface area contributed by atoms with Crippen molar-refractivity contribution in [2.24, 2.45) is 5.92 Å². The molecule has 1 N–H and O–H groups in total. The van der Waals surface area contributed by atoms with E-state index in [4.69, 9.17) is 0 Å². The van der Waals surface area contributed by atoms with E-state index in [1.807, 2.05) is 0 Å². The predicted octanol–water partition coefficient (Wildman–Crippen LogP) is 1.29. The highest BCUT2D eigenvalue weighted by Gasteiger charge is 2.28. The first-order valence-electron chi connectivity index (χ1n) is 5.35. The van der Waals surface area contributed by atoms with Crippen LogP contribution in [0, 0.1) is 5.92 Å². The molecule has 0 amide bonds. The highest BCUT2D eigenvalue weighted by molar-refractivity contribution is 7.85. The molecule has 1 saturated heterocycles. The summed E-state index contributed by atoms with van der Waals surface area (Å²) in [6.07, 6.45) is 4.94. The quantitative estimate of drug-likeness (QED) is 0.729. The van der Waals surface area contributed by atoms with Crippen LogP contribution in [0.3, 0.4) is 0 Å². The van der Waals surface area contributed by atoms with Crippen LogP contribution in [0.1, 0.15) is 32.6 Å². The van der Waals surface area contributed by atoms with Crippen LogP contribution in [0.4, 0.5) is 0 Å². The summed E-state index contributed by atoms with van der Waals surface area (Å²) in [7, 11) is -0.507. The zero-order chi connectivity index (χ0) is 9.26. The maximum absolute atomic E-state index is 11.1. The van der Waals surface area contributed by atoms with Crippen molar-refractivity contribution in [1.29, 1.82) is 0 Å². The Hall–Kier alpha value is 0.110. The lowest BCUT2D eigenvalue weighted by molar-refractivity contribution is 0.217. The van der Waals surface area contributed by atoms with Crippen molar-refractivity contribution in [3.05, 3.63) is 0 Å². The molecule has 13 heavy (non-hydrogen) atoms. The van der Waals surface area contributed by atoms with Gasteiger partial charge in [-0.15, -0.1) is 0 Å². The van der Waals surface area contributed by atoms with Crippen molar-refractivity contribution in [3.8, 4) is 0 Å². The number of rotatable bonds is 2. The highest BCUT2D eigenvalue weighted by atomic mass is 32.2. The van der Waals surface area contributed by atoms with E-state index in [1.54, 1.807) is 0 Å². The zero-order valence-corrected chi connectivity index (χ0v) is 9.11. The first kappa shape index (κ1) is 9.66. The predicted molar refractivity (Wildman–Crippen MR) is 56.2 cm³/mol. The van der Waals surface area contributed by atoms with Crippen LogP contribution >= 0.6 is 0 Å². The summed E-state index contributed by atoms with van der Waals surface area (Å²) in [5.74, 6) is 2.76. The first-order valence-corrected chi connectivity index (χ1v) is 6.84.